The molecule has 0 saturated carbocycles. The van der Waals surface area contributed by atoms with Gasteiger partial charge in [0.05, 0.1) is 0 Å². The molecular formula is C16H15BrCl2. The van der Waals surface area contributed by atoms with Gasteiger partial charge in [0.1, 0.15) is 0 Å². The van der Waals surface area contributed by atoms with Crippen LogP contribution in [0.3, 0.4) is 0 Å². The smallest absolute Gasteiger partial charge is 0.0438 e. The lowest BCUT2D eigenvalue weighted by Gasteiger charge is -2.16. The largest absolute Gasteiger partial charge is 0.0925 e. The van der Waals surface area contributed by atoms with E-state index < -0.39 is 0 Å². The van der Waals surface area contributed by atoms with Crippen molar-refractivity contribution in [3.63, 3.8) is 0 Å². The predicted octanol–water partition coefficient (Wildman–Crippen LogP) is 5.79. The summed E-state index contributed by atoms with van der Waals surface area (Å²) in [6.07, 6.45) is 1.91. The molecule has 0 atom stereocenters. The van der Waals surface area contributed by atoms with Crippen LogP contribution in [0.1, 0.15) is 11.1 Å². The highest BCUT2D eigenvalue weighted by Crippen LogP contribution is 2.25. The van der Waals surface area contributed by atoms with E-state index in [1.54, 1.807) is 0 Å². The van der Waals surface area contributed by atoms with Gasteiger partial charge < -0.3 is 0 Å². The van der Waals surface area contributed by atoms with Gasteiger partial charge in [0, 0.05) is 15.4 Å². The molecule has 19 heavy (non-hydrogen) atoms. The molecule has 0 amide bonds. The van der Waals surface area contributed by atoms with Crippen molar-refractivity contribution in [3.8, 4) is 0 Å². The monoisotopic (exact) mass is 356 g/mol. The van der Waals surface area contributed by atoms with Crippen LogP contribution in [0.4, 0.5) is 0 Å². The van der Waals surface area contributed by atoms with E-state index in [0.29, 0.717) is 5.92 Å². The Balaban J connectivity index is 2.09. The molecule has 2 aromatic rings. The van der Waals surface area contributed by atoms with Crippen molar-refractivity contribution >= 4 is 39.1 Å². The van der Waals surface area contributed by atoms with Gasteiger partial charge in [0.2, 0.25) is 0 Å². The molecule has 0 unspecified atom stereocenters. The van der Waals surface area contributed by atoms with Gasteiger partial charge in [-0.1, -0.05) is 75.5 Å². The maximum Gasteiger partial charge on any atom is 0.0438 e. The second kappa shape index (κ2) is 7.33. The molecule has 0 fully saturated rings. The molecule has 100 valence electrons. The van der Waals surface area contributed by atoms with Crippen molar-refractivity contribution in [2.75, 3.05) is 5.33 Å². The molecule has 0 nitrogen and oxygen atoms in total. The third-order valence-corrected chi connectivity index (χ3v) is 4.80. The Hall–Kier alpha value is -0.500. The highest BCUT2D eigenvalue weighted by Gasteiger charge is 2.12. The first kappa shape index (κ1) is 14.9. The summed E-state index contributed by atoms with van der Waals surface area (Å²) >= 11 is 16.0. The maximum absolute atomic E-state index is 6.22. The van der Waals surface area contributed by atoms with Crippen molar-refractivity contribution in [1.82, 2.24) is 0 Å². The van der Waals surface area contributed by atoms with Crippen LogP contribution in [0.5, 0.6) is 0 Å². The molecule has 0 heterocycles. The Bertz CT molecular complexity index is 492. The fourth-order valence-corrected chi connectivity index (χ4v) is 3.01. The molecule has 0 bridgehead atoms. The predicted molar refractivity (Wildman–Crippen MR) is 87.6 cm³/mol. The zero-order valence-corrected chi connectivity index (χ0v) is 13.5. The van der Waals surface area contributed by atoms with Crippen LogP contribution in [0.25, 0.3) is 0 Å². The molecule has 0 aliphatic heterocycles. The van der Waals surface area contributed by atoms with Crippen LogP contribution < -0.4 is 0 Å². The Morgan fingerprint density at radius 2 is 1.21 bits per heavy atom. The number of hydrogen-bond acceptors (Lipinski definition) is 0. The Morgan fingerprint density at radius 1 is 0.789 bits per heavy atom. The highest BCUT2D eigenvalue weighted by molar-refractivity contribution is 9.09. The minimum absolute atomic E-state index is 0.486. The number of rotatable bonds is 5. The lowest BCUT2D eigenvalue weighted by atomic mass is 9.94. The van der Waals surface area contributed by atoms with Gasteiger partial charge in [-0.3, -0.25) is 0 Å². The molecule has 0 aliphatic carbocycles. The van der Waals surface area contributed by atoms with Gasteiger partial charge in [-0.15, -0.1) is 0 Å². The summed E-state index contributed by atoms with van der Waals surface area (Å²) < 4.78 is 0. The second-order valence-electron chi connectivity index (χ2n) is 4.61. The highest BCUT2D eigenvalue weighted by atomic mass is 79.9. The van der Waals surface area contributed by atoms with E-state index in [4.69, 9.17) is 23.2 Å². The molecule has 2 rings (SSSR count). The number of hydrogen-bond donors (Lipinski definition) is 0. The van der Waals surface area contributed by atoms with Crippen molar-refractivity contribution in [3.05, 3.63) is 69.7 Å². The minimum Gasteiger partial charge on any atom is -0.0925 e. The number of halogens is 3. The summed E-state index contributed by atoms with van der Waals surface area (Å²) in [5, 5.41) is 2.61. The van der Waals surface area contributed by atoms with Crippen LogP contribution in [0.15, 0.2) is 48.5 Å². The van der Waals surface area contributed by atoms with Crippen LogP contribution in [0.2, 0.25) is 10.0 Å². The average molecular weight is 358 g/mol. The van der Waals surface area contributed by atoms with E-state index in [2.05, 4.69) is 28.1 Å². The fourth-order valence-electron chi connectivity index (χ4n) is 2.13. The maximum atomic E-state index is 6.22. The molecule has 3 heteroatoms. The van der Waals surface area contributed by atoms with E-state index >= 15 is 0 Å². The van der Waals surface area contributed by atoms with Crippen molar-refractivity contribution in [2.24, 2.45) is 5.92 Å². The molecule has 0 N–H and O–H groups in total. The molecule has 0 saturated heterocycles. The number of benzene rings is 2. The summed E-state index contributed by atoms with van der Waals surface area (Å²) in [5.41, 5.74) is 2.39. The van der Waals surface area contributed by atoms with E-state index in [9.17, 15) is 0 Å². The third kappa shape index (κ3) is 4.24. The molecule has 0 spiro atoms. The van der Waals surface area contributed by atoms with E-state index in [1.165, 1.54) is 11.1 Å². The topological polar surface area (TPSA) is 0 Å². The molecule has 0 aromatic heterocycles. The standard InChI is InChI=1S/C16H15BrCl2/c17-11-12(9-13-5-1-3-7-15(13)18)10-14-6-2-4-8-16(14)19/h1-8,12H,9-11H2. The fraction of sp³-hybridized carbons (Fsp3) is 0.250. The lowest BCUT2D eigenvalue weighted by Crippen LogP contribution is -2.10. The van der Waals surface area contributed by atoms with Gasteiger partial charge in [-0.2, -0.15) is 0 Å². The molecule has 2 aromatic carbocycles. The summed E-state index contributed by atoms with van der Waals surface area (Å²) in [6, 6.07) is 16.0. The van der Waals surface area contributed by atoms with Gasteiger partial charge in [0.15, 0.2) is 0 Å². The van der Waals surface area contributed by atoms with Gasteiger partial charge in [-0.25, -0.2) is 0 Å². The van der Waals surface area contributed by atoms with Crippen LogP contribution in [-0.2, 0) is 12.8 Å². The summed E-state index contributed by atoms with van der Waals surface area (Å²) in [5.74, 6) is 0.486. The zero-order valence-electron chi connectivity index (χ0n) is 10.5. The molecular weight excluding hydrogens is 343 g/mol. The summed E-state index contributed by atoms with van der Waals surface area (Å²) in [4.78, 5) is 0. The van der Waals surface area contributed by atoms with Crippen LogP contribution in [0, 0.1) is 5.92 Å². The lowest BCUT2D eigenvalue weighted by molar-refractivity contribution is 0.591. The summed E-state index contributed by atoms with van der Waals surface area (Å²) in [7, 11) is 0. The first-order valence-electron chi connectivity index (χ1n) is 6.23. The van der Waals surface area contributed by atoms with Gasteiger partial charge in [0.25, 0.3) is 0 Å². The van der Waals surface area contributed by atoms with Crippen LogP contribution >= 0.6 is 39.1 Å². The van der Waals surface area contributed by atoms with E-state index in [0.717, 1.165) is 28.2 Å². The normalized spacial score (nSPS) is 10.9. The van der Waals surface area contributed by atoms with Crippen LogP contribution in [-0.4, -0.2) is 5.33 Å². The Labute approximate surface area is 132 Å². The van der Waals surface area contributed by atoms with Crippen molar-refractivity contribution < 1.29 is 0 Å². The quantitative estimate of drug-likeness (QED) is 0.594. The molecule has 0 aliphatic rings. The van der Waals surface area contributed by atoms with Crippen molar-refractivity contribution in [2.45, 2.75) is 12.8 Å². The zero-order chi connectivity index (χ0) is 13.7. The first-order chi connectivity index (χ1) is 9.20. The SMILES string of the molecule is Clc1ccccc1CC(CBr)Cc1ccccc1Cl. The van der Waals surface area contributed by atoms with E-state index in [1.807, 2.05) is 36.4 Å². The minimum atomic E-state index is 0.486. The Kier molecular flexibility index (Phi) is 5.75. The van der Waals surface area contributed by atoms with Gasteiger partial charge >= 0.3 is 0 Å². The average Bonchev–Trinajstić information content (AvgIpc) is 2.42. The van der Waals surface area contributed by atoms with Crippen molar-refractivity contribution in [1.29, 1.82) is 0 Å². The van der Waals surface area contributed by atoms with E-state index in [-0.39, 0.29) is 0 Å². The molecule has 0 radical (unpaired) electrons. The Morgan fingerprint density at radius 3 is 1.58 bits per heavy atom. The summed E-state index contributed by atoms with van der Waals surface area (Å²) in [6.45, 7) is 0. The third-order valence-electron chi connectivity index (χ3n) is 3.15. The first-order valence-corrected chi connectivity index (χ1v) is 8.11. The van der Waals surface area contributed by atoms with Gasteiger partial charge in [-0.05, 0) is 42.0 Å². The number of alkyl halides is 1. The second-order valence-corrected chi connectivity index (χ2v) is 6.07.